The Balaban J connectivity index is 1.83. The minimum atomic E-state index is 0.337. The van der Waals surface area contributed by atoms with Crippen LogP contribution in [0.2, 0.25) is 10.0 Å². The quantitative estimate of drug-likeness (QED) is 0.901. The van der Waals surface area contributed by atoms with E-state index >= 15 is 0 Å². The third kappa shape index (κ3) is 2.89. The highest BCUT2D eigenvalue weighted by Crippen LogP contribution is 2.30. The molecule has 1 aliphatic rings. The van der Waals surface area contributed by atoms with Crippen LogP contribution in [0.3, 0.4) is 0 Å². The van der Waals surface area contributed by atoms with Gasteiger partial charge >= 0.3 is 0 Å². The molecule has 0 aliphatic heterocycles. The summed E-state index contributed by atoms with van der Waals surface area (Å²) < 4.78 is 5.73. The van der Waals surface area contributed by atoms with Crippen LogP contribution < -0.4 is 5.73 Å². The summed E-state index contributed by atoms with van der Waals surface area (Å²) in [5.74, 6) is 0.639. The molecule has 16 heavy (non-hydrogen) atoms. The van der Waals surface area contributed by atoms with Crippen LogP contribution in [0.4, 0.5) is 0 Å². The topological polar surface area (TPSA) is 35.2 Å². The minimum absolute atomic E-state index is 0.337. The van der Waals surface area contributed by atoms with Crippen molar-refractivity contribution in [3.8, 4) is 0 Å². The molecule has 0 spiro atoms. The maximum Gasteiger partial charge on any atom is 0.0735 e. The fourth-order valence-electron chi connectivity index (χ4n) is 1.86. The van der Waals surface area contributed by atoms with E-state index in [0.717, 1.165) is 24.9 Å². The number of hydrogen-bond acceptors (Lipinski definition) is 2. The van der Waals surface area contributed by atoms with Crippen LogP contribution in [0.1, 0.15) is 18.4 Å². The van der Waals surface area contributed by atoms with Gasteiger partial charge in [0.15, 0.2) is 0 Å². The highest BCUT2D eigenvalue weighted by Gasteiger charge is 2.28. The molecule has 0 heterocycles. The average molecular weight is 260 g/mol. The third-order valence-corrected chi connectivity index (χ3v) is 3.61. The Bertz CT molecular complexity index is 364. The molecule has 2 N–H and O–H groups in total. The van der Waals surface area contributed by atoms with Crippen LogP contribution in [0.15, 0.2) is 18.2 Å². The minimum Gasteiger partial charge on any atom is -0.373 e. The first-order valence-corrected chi connectivity index (χ1v) is 6.20. The summed E-state index contributed by atoms with van der Waals surface area (Å²) in [6.45, 7) is 1.29. The molecule has 1 saturated carbocycles. The van der Waals surface area contributed by atoms with E-state index in [-0.39, 0.29) is 0 Å². The van der Waals surface area contributed by atoms with Crippen LogP contribution in [0, 0.1) is 5.92 Å². The van der Waals surface area contributed by atoms with Crippen molar-refractivity contribution in [2.24, 2.45) is 11.7 Å². The van der Waals surface area contributed by atoms with Gasteiger partial charge in [0.25, 0.3) is 0 Å². The molecule has 0 aromatic heterocycles. The summed E-state index contributed by atoms with van der Waals surface area (Å²) in [6, 6.07) is 5.43. The lowest BCUT2D eigenvalue weighted by Crippen LogP contribution is -2.35. The molecule has 0 amide bonds. The van der Waals surface area contributed by atoms with E-state index in [1.807, 2.05) is 6.07 Å². The Labute approximate surface area is 106 Å². The van der Waals surface area contributed by atoms with E-state index in [4.69, 9.17) is 33.7 Å². The molecule has 1 aromatic rings. The lowest BCUT2D eigenvalue weighted by molar-refractivity contribution is -0.0375. The number of benzene rings is 1. The molecule has 2 rings (SSSR count). The molecular weight excluding hydrogens is 245 g/mol. The zero-order chi connectivity index (χ0) is 11.5. The van der Waals surface area contributed by atoms with Crippen molar-refractivity contribution < 1.29 is 4.74 Å². The highest BCUT2D eigenvalue weighted by molar-refractivity contribution is 6.33. The number of nitrogens with two attached hydrogens (primary N) is 1. The normalized spacial score (nSPS) is 24.2. The summed E-state index contributed by atoms with van der Waals surface area (Å²) in [5, 5.41) is 1.40. The summed E-state index contributed by atoms with van der Waals surface area (Å²) in [7, 11) is 0. The smallest absolute Gasteiger partial charge is 0.0735 e. The first-order chi connectivity index (χ1) is 7.69. The second-order valence-corrected chi connectivity index (χ2v) is 5.09. The van der Waals surface area contributed by atoms with Gasteiger partial charge < -0.3 is 10.5 Å². The van der Waals surface area contributed by atoms with Crippen LogP contribution in [0.5, 0.6) is 0 Å². The van der Waals surface area contributed by atoms with E-state index < -0.39 is 0 Å². The largest absolute Gasteiger partial charge is 0.373 e. The second kappa shape index (κ2) is 5.37. The Kier molecular flexibility index (Phi) is 4.09. The van der Waals surface area contributed by atoms with Crippen LogP contribution in [0.25, 0.3) is 0 Å². The molecule has 0 saturated heterocycles. The van der Waals surface area contributed by atoms with Crippen molar-refractivity contribution in [2.75, 3.05) is 6.54 Å². The second-order valence-electron chi connectivity index (χ2n) is 4.24. The summed E-state index contributed by atoms with van der Waals surface area (Å²) in [5.41, 5.74) is 6.50. The van der Waals surface area contributed by atoms with E-state index in [2.05, 4.69) is 0 Å². The van der Waals surface area contributed by atoms with Crippen molar-refractivity contribution in [2.45, 2.75) is 25.6 Å². The van der Waals surface area contributed by atoms with Crippen LogP contribution in [-0.2, 0) is 11.3 Å². The number of hydrogen-bond donors (Lipinski definition) is 1. The van der Waals surface area contributed by atoms with Crippen molar-refractivity contribution in [1.29, 1.82) is 0 Å². The molecule has 2 nitrogen and oxygen atoms in total. The third-order valence-electron chi connectivity index (χ3n) is 3.01. The van der Waals surface area contributed by atoms with E-state index in [9.17, 15) is 0 Å². The molecule has 88 valence electrons. The molecular formula is C12H15Cl2NO. The summed E-state index contributed by atoms with van der Waals surface area (Å²) in [4.78, 5) is 0. The summed E-state index contributed by atoms with van der Waals surface area (Å²) in [6.07, 6.45) is 2.47. The standard InChI is InChI=1S/C12H15Cl2NO/c13-10-1-2-12(14)9(5-10)7-16-11-3-8(4-11)6-15/h1-2,5,8,11H,3-4,6-7,15H2. The molecule has 1 fully saturated rings. The Hall–Kier alpha value is -0.280. The van der Waals surface area contributed by atoms with Gasteiger partial charge in [-0.05, 0) is 49.1 Å². The predicted molar refractivity (Wildman–Crippen MR) is 66.8 cm³/mol. The van der Waals surface area contributed by atoms with E-state index in [0.29, 0.717) is 28.7 Å². The van der Waals surface area contributed by atoms with Gasteiger partial charge in [-0.15, -0.1) is 0 Å². The van der Waals surface area contributed by atoms with Crippen molar-refractivity contribution in [1.82, 2.24) is 0 Å². The van der Waals surface area contributed by atoms with Gasteiger partial charge in [0.05, 0.1) is 12.7 Å². The van der Waals surface area contributed by atoms with Gasteiger partial charge in [-0.1, -0.05) is 23.2 Å². The van der Waals surface area contributed by atoms with Crippen molar-refractivity contribution in [3.63, 3.8) is 0 Å². The first-order valence-electron chi connectivity index (χ1n) is 5.44. The van der Waals surface area contributed by atoms with Gasteiger partial charge in [0.2, 0.25) is 0 Å². The van der Waals surface area contributed by atoms with Crippen LogP contribution >= 0.6 is 23.2 Å². The fourth-order valence-corrected chi connectivity index (χ4v) is 2.23. The van der Waals surface area contributed by atoms with Gasteiger partial charge in [-0.25, -0.2) is 0 Å². The maximum atomic E-state index is 6.04. The van der Waals surface area contributed by atoms with Gasteiger partial charge in [-0.2, -0.15) is 0 Å². The van der Waals surface area contributed by atoms with Crippen LogP contribution in [-0.4, -0.2) is 12.6 Å². The predicted octanol–water partition coefficient (Wildman–Crippen LogP) is 3.25. The molecule has 0 unspecified atom stereocenters. The SMILES string of the molecule is NCC1CC(OCc2cc(Cl)ccc2Cl)C1. The lowest BCUT2D eigenvalue weighted by atomic mass is 9.82. The number of halogens is 2. The average Bonchev–Trinajstić information content (AvgIpc) is 2.21. The molecule has 0 radical (unpaired) electrons. The highest BCUT2D eigenvalue weighted by atomic mass is 35.5. The monoisotopic (exact) mass is 259 g/mol. The Morgan fingerprint density at radius 3 is 2.75 bits per heavy atom. The number of ether oxygens (including phenoxy) is 1. The zero-order valence-electron chi connectivity index (χ0n) is 8.96. The van der Waals surface area contributed by atoms with E-state index in [1.54, 1.807) is 12.1 Å². The molecule has 1 aliphatic carbocycles. The number of rotatable bonds is 4. The Morgan fingerprint density at radius 1 is 1.31 bits per heavy atom. The first kappa shape index (κ1) is 12.2. The molecule has 0 bridgehead atoms. The summed E-state index contributed by atoms with van der Waals surface area (Å²) >= 11 is 11.9. The van der Waals surface area contributed by atoms with Gasteiger partial charge in [-0.3, -0.25) is 0 Å². The molecule has 0 atom stereocenters. The molecule has 4 heteroatoms. The molecule has 1 aromatic carbocycles. The van der Waals surface area contributed by atoms with Crippen molar-refractivity contribution in [3.05, 3.63) is 33.8 Å². The van der Waals surface area contributed by atoms with E-state index in [1.165, 1.54) is 0 Å². The Morgan fingerprint density at radius 2 is 2.06 bits per heavy atom. The fraction of sp³-hybridized carbons (Fsp3) is 0.500. The van der Waals surface area contributed by atoms with Crippen molar-refractivity contribution >= 4 is 23.2 Å². The zero-order valence-corrected chi connectivity index (χ0v) is 10.5. The maximum absolute atomic E-state index is 6.04. The van der Waals surface area contributed by atoms with Gasteiger partial charge in [0, 0.05) is 10.0 Å². The van der Waals surface area contributed by atoms with Gasteiger partial charge in [0.1, 0.15) is 0 Å². The lowest BCUT2D eigenvalue weighted by Gasteiger charge is -2.34.